The molecule has 1 aromatic heterocycles. The van der Waals surface area contributed by atoms with E-state index in [9.17, 15) is 4.79 Å². The molecule has 0 aliphatic carbocycles. The summed E-state index contributed by atoms with van der Waals surface area (Å²) >= 11 is 1.39. The molecule has 7 heteroatoms. The lowest BCUT2D eigenvalue weighted by molar-refractivity contribution is -0.138. The molecule has 3 rings (SSSR count). The Morgan fingerprint density at radius 1 is 1.48 bits per heavy atom. The summed E-state index contributed by atoms with van der Waals surface area (Å²) in [4.78, 5) is 17.4. The van der Waals surface area contributed by atoms with Gasteiger partial charge in [-0.15, -0.1) is 11.3 Å². The fourth-order valence-electron chi connectivity index (χ4n) is 2.20. The molecule has 2 heterocycles. The monoisotopic (exact) mass is 305 g/mol. The first-order valence-corrected chi connectivity index (χ1v) is 7.48. The van der Waals surface area contributed by atoms with Crippen molar-refractivity contribution in [3.05, 3.63) is 35.3 Å². The number of carbonyl (C=O) groups is 1. The van der Waals surface area contributed by atoms with E-state index in [0.717, 1.165) is 29.5 Å². The van der Waals surface area contributed by atoms with Crippen LogP contribution in [-0.4, -0.2) is 29.2 Å². The van der Waals surface area contributed by atoms with E-state index in [1.165, 1.54) is 11.3 Å². The van der Waals surface area contributed by atoms with Gasteiger partial charge in [-0.05, 0) is 18.6 Å². The number of aliphatic carboxylic acids is 1. The number of ether oxygens (including phenoxy) is 1. The number of carboxylic acid groups (broad SMARTS) is 1. The van der Waals surface area contributed by atoms with Gasteiger partial charge in [0.1, 0.15) is 11.8 Å². The summed E-state index contributed by atoms with van der Waals surface area (Å²) in [5, 5.41) is 11.4. The lowest BCUT2D eigenvalue weighted by Gasteiger charge is -2.20. The van der Waals surface area contributed by atoms with Crippen molar-refractivity contribution in [3.8, 4) is 5.75 Å². The summed E-state index contributed by atoms with van der Waals surface area (Å²) in [5.74, 6) is -0.263. The quantitative estimate of drug-likeness (QED) is 0.903. The van der Waals surface area contributed by atoms with E-state index in [0.29, 0.717) is 12.3 Å². The summed E-state index contributed by atoms with van der Waals surface area (Å²) in [6, 6.07) is 6.67. The highest BCUT2D eigenvalue weighted by molar-refractivity contribution is 7.13. The minimum Gasteiger partial charge on any atom is -0.491 e. The van der Waals surface area contributed by atoms with Gasteiger partial charge in [-0.3, -0.25) is 4.79 Å². The van der Waals surface area contributed by atoms with Gasteiger partial charge in [0.25, 0.3) is 0 Å². The van der Waals surface area contributed by atoms with E-state index in [1.807, 2.05) is 29.2 Å². The van der Waals surface area contributed by atoms with Crippen LogP contribution in [0.15, 0.2) is 29.6 Å². The molecule has 0 amide bonds. The third-order valence-corrected chi connectivity index (χ3v) is 4.15. The Morgan fingerprint density at radius 3 is 3.10 bits per heavy atom. The molecule has 1 aromatic carbocycles. The zero-order valence-corrected chi connectivity index (χ0v) is 12.0. The van der Waals surface area contributed by atoms with Crippen molar-refractivity contribution < 1.29 is 14.6 Å². The van der Waals surface area contributed by atoms with Crippen LogP contribution in [0.2, 0.25) is 0 Å². The third kappa shape index (κ3) is 2.70. The van der Waals surface area contributed by atoms with Crippen molar-refractivity contribution in [2.24, 2.45) is 5.73 Å². The molecule has 1 unspecified atom stereocenters. The Bertz CT molecular complexity index is 658. The van der Waals surface area contributed by atoms with Crippen LogP contribution in [0.4, 0.5) is 10.8 Å². The topological polar surface area (TPSA) is 88.7 Å². The maximum absolute atomic E-state index is 10.9. The molecule has 1 atom stereocenters. The molecule has 0 saturated carbocycles. The Hall–Kier alpha value is -2.12. The molecule has 3 N–H and O–H groups in total. The van der Waals surface area contributed by atoms with Gasteiger partial charge in [-0.1, -0.05) is 12.1 Å². The molecule has 0 fully saturated rings. The second-order valence-corrected chi connectivity index (χ2v) is 5.53. The van der Waals surface area contributed by atoms with Gasteiger partial charge in [-0.2, -0.15) is 0 Å². The lowest BCUT2D eigenvalue weighted by atomic mass is 10.2. The summed E-state index contributed by atoms with van der Waals surface area (Å²) in [5.41, 5.74) is 6.93. The first-order valence-electron chi connectivity index (χ1n) is 6.60. The SMILES string of the molecule is NC(C(=O)O)c1csc(N2CCCOc3ccccc32)n1. The van der Waals surface area contributed by atoms with Crippen molar-refractivity contribution in [2.75, 3.05) is 18.1 Å². The van der Waals surface area contributed by atoms with Gasteiger partial charge >= 0.3 is 5.97 Å². The Kier molecular flexibility index (Phi) is 3.76. The van der Waals surface area contributed by atoms with Gasteiger partial charge < -0.3 is 20.5 Å². The Morgan fingerprint density at radius 2 is 2.29 bits per heavy atom. The smallest absolute Gasteiger partial charge is 0.326 e. The summed E-state index contributed by atoms with van der Waals surface area (Å²) in [7, 11) is 0. The van der Waals surface area contributed by atoms with Crippen molar-refractivity contribution in [2.45, 2.75) is 12.5 Å². The summed E-state index contributed by atoms with van der Waals surface area (Å²) < 4.78 is 5.71. The molecule has 0 spiro atoms. The number of thiazole rings is 1. The number of anilines is 2. The molecule has 0 radical (unpaired) electrons. The molecule has 1 aliphatic heterocycles. The average molecular weight is 305 g/mol. The molecular weight excluding hydrogens is 290 g/mol. The van der Waals surface area contributed by atoms with E-state index < -0.39 is 12.0 Å². The zero-order valence-electron chi connectivity index (χ0n) is 11.2. The van der Waals surface area contributed by atoms with Gasteiger partial charge in [0, 0.05) is 11.9 Å². The number of aromatic nitrogens is 1. The molecule has 0 saturated heterocycles. The number of hydrogen-bond donors (Lipinski definition) is 2. The molecule has 0 bridgehead atoms. The highest BCUT2D eigenvalue weighted by atomic mass is 32.1. The van der Waals surface area contributed by atoms with Crippen molar-refractivity contribution in [1.82, 2.24) is 4.98 Å². The largest absolute Gasteiger partial charge is 0.491 e. The van der Waals surface area contributed by atoms with Crippen LogP contribution in [0, 0.1) is 0 Å². The first kappa shape index (κ1) is 13.8. The van der Waals surface area contributed by atoms with Gasteiger partial charge in [0.15, 0.2) is 5.13 Å². The highest BCUT2D eigenvalue weighted by Crippen LogP contribution is 2.37. The Balaban J connectivity index is 1.95. The number of rotatable bonds is 3. The first-order chi connectivity index (χ1) is 10.2. The molecule has 21 heavy (non-hydrogen) atoms. The summed E-state index contributed by atoms with van der Waals surface area (Å²) in [6.45, 7) is 1.42. The van der Waals surface area contributed by atoms with Crippen LogP contribution >= 0.6 is 11.3 Å². The van der Waals surface area contributed by atoms with Gasteiger partial charge in [0.2, 0.25) is 0 Å². The van der Waals surface area contributed by atoms with E-state index in [2.05, 4.69) is 4.98 Å². The normalized spacial score (nSPS) is 15.8. The number of nitrogens with two attached hydrogens (primary N) is 1. The maximum atomic E-state index is 10.9. The lowest BCUT2D eigenvalue weighted by Crippen LogP contribution is -2.22. The fourth-order valence-corrected chi connectivity index (χ4v) is 3.10. The molecular formula is C14H15N3O3S. The van der Waals surface area contributed by atoms with Gasteiger partial charge in [0.05, 0.1) is 18.0 Å². The summed E-state index contributed by atoms with van der Waals surface area (Å²) in [6.07, 6.45) is 0.870. The molecule has 110 valence electrons. The van der Waals surface area contributed by atoms with Crippen molar-refractivity contribution in [3.63, 3.8) is 0 Å². The Labute approximate surface area is 125 Å². The van der Waals surface area contributed by atoms with E-state index >= 15 is 0 Å². The number of para-hydroxylation sites is 2. The van der Waals surface area contributed by atoms with Crippen LogP contribution in [0.5, 0.6) is 5.75 Å². The highest BCUT2D eigenvalue weighted by Gasteiger charge is 2.23. The van der Waals surface area contributed by atoms with Crippen LogP contribution < -0.4 is 15.4 Å². The van der Waals surface area contributed by atoms with E-state index in [4.69, 9.17) is 15.6 Å². The zero-order chi connectivity index (χ0) is 14.8. The van der Waals surface area contributed by atoms with Crippen LogP contribution in [0.25, 0.3) is 0 Å². The number of nitrogens with zero attached hydrogens (tertiary/aromatic N) is 2. The van der Waals surface area contributed by atoms with E-state index in [-0.39, 0.29) is 0 Å². The standard InChI is InChI=1S/C14H15N3O3S/c15-12(13(18)19)9-8-21-14(16-9)17-6-3-7-20-11-5-2-1-4-10(11)17/h1-2,4-5,8,12H,3,6-7,15H2,(H,18,19). The number of fused-ring (bicyclic) bond motifs is 1. The molecule has 6 nitrogen and oxygen atoms in total. The maximum Gasteiger partial charge on any atom is 0.326 e. The van der Waals surface area contributed by atoms with E-state index in [1.54, 1.807) is 5.38 Å². The third-order valence-electron chi connectivity index (χ3n) is 3.27. The van der Waals surface area contributed by atoms with Crippen molar-refractivity contribution >= 4 is 28.1 Å². The minimum atomic E-state index is -1.09. The van der Waals surface area contributed by atoms with Crippen LogP contribution in [-0.2, 0) is 4.79 Å². The van der Waals surface area contributed by atoms with Gasteiger partial charge in [-0.25, -0.2) is 4.98 Å². The van der Waals surface area contributed by atoms with Crippen LogP contribution in [0.3, 0.4) is 0 Å². The van der Waals surface area contributed by atoms with Crippen molar-refractivity contribution in [1.29, 1.82) is 0 Å². The minimum absolute atomic E-state index is 0.380. The predicted octanol–water partition coefficient (Wildman–Crippen LogP) is 2.15. The predicted molar refractivity (Wildman–Crippen MR) is 80.2 cm³/mol. The van der Waals surface area contributed by atoms with Crippen LogP contribution in [0.1, 0.15) is 18.2 Å². The number of hydrogen-bond acceptors (Lipinski definition) is 6. The molecule has 1 aliphatic rings. The fraction of sp³-hybridized carbons (Fsp3) is 0.286. The number of benzene rings is 1. The second kappa shape index (κ2) is 5.71. The molecule has 2 aromatic rings. The second-order valence-electron chi connectivity index (χ2n) is 4.69. The number of carboxylic acids is 1. The average Bonchev–Trinajstić information content (AvgIpc) is 2.87.